The molecule has 0 bridgehead atoms. The van der Waals surface area contributed by atoms with Crippen molar-refractivity contribution in [2.75, 3.05) is 6.54 Å². The maximum atomic E-state index is 11.6. The largest absolute Gasteiger partial charge is 0.459 e. The monoisotopic (exact) mass is 269 g/mol. The zero-order valence-electron chi connectivity index (χ0n) is 11.3. The fraction of sp³-hybridized carbons (Fsp3) is 0.500. The molecule has 1 rings (SSSR count). The summed E-state index contributed by atoms with van der Waals surface area (Å²) in [5.41, 5.74) is 0.601. The van der Waals surface area contributed by atoms with Gasteiger partial charge in [0.2, 0.25) is 0 Å². The number of halogens is 1. The summed E-state index contributed by atoms with van der Waals surface area (Å²) in [6, 6.07) is 7.62. The van der Waals surface area contributed by atoms with Crippen molar-refractivity contribution in [1.82, 2.24) is 5.32 Å². The Morgan fingerprint density at radius 2 is 2.11 bits per heavy atom. The van der Waals surface area contributed by atoms with E-state index in [4.69, 9.17) is 16.3 Å². The van der Waals surface area contributed by atoms with E-state index in [1.807, 2.05) is 52.0 Å². The average Bonchev–Trinajstić information content (AvgIpc) is 2.23. The number of nitrogens with one attached hydrogen (secondary N) is 1. The van der Waals surface area contributed by atoms with Gasteiger partial charge in [-0.3, -0.25) is 4.79 Å². The van der Waals surface area contributed by atoms with Crippen molar-refractivity contribution in [2.45, 2.75) is 39.3 Å². The van der Waals surface area contributed by atoms with Crippen LogP contribution in [0.5, 0.6) is 0 Å². The molecular formula is C14H20ClNO2. The minimum absolute atomic E-state index is 0.0521. The van der Waals surface area contributed by atoms with Crippen molar-refractivity contribution in [3.05, 3.63) is 34.9 Å². The van der Waals surface area contributed by atoms with Gasteiger partial charge in [0.1, 0.15) is 5.60 Å². The predicted molar refractivity (Wildman–Crippen MR) is 73.7 cm³/mol. The molecule has 0 aliphatic rings. The van der Waals surface area contributed by atoms with E-state index in [1.54, 1.807) is 0 Å². The molecule has 0 aromatic heterocycles. The molecule has 1 aromatic carbocycles. The van der Waals surface area contributed by atoms with Crippen LogP contribution in [0.1, 0.15) is 39.3 Å². The van der Waals surface area contributed by atoms with E-state index in [0.717, 1.165) is 5.56 Å². The molecule has 0 amide bonds. The van der Waals surface area contributed by atoms with E-state index in [2.05, 4.69) is 5.32 Å². The average molecular weight is 270 g/mol. The fourth-order valence-electron chi connectivity index (χ4n) is 1.51. The molecule has 1 N–H and O–H groups in total. The number of ether oxygens (including phenoxy) is 1. The molecule has 0 heterocycles. The summed E-state index contributed by atoms with van der Waals surface area (Å²) in [4.78, 5) is 11.6. The van der Waals surface area contributed by atoms with Gasteiger partial charge in [-0.05, 0) is 45.4 Å². The maximum absolute atomic E-state index is 11.6. The zero-order chi connectivity index (χ0) is 13.8. The maximum Gasteiger partial charge on any atom is 0.320 e. The summed E-state index contributed by atoms with van der Waals surface area (Å²) in [5.74, 6) is -0.253. The number of hydrogen-bond acceptors (Lipinski definition) is 3. The summed E-state index contributed by atoms with van der Waals surface area (Å²) in [7, 11) is 0. The van der Waals surface area contributed by atoms with Crippen LogP contribution in [0.15, 0.2) is 24.3 Å². The number of esters is 1. The van der Waals surface area contributed by atoms with Gasteiger partial charge in [0.25, 0.3) is 0 Å². The highest BCUT2D eigenvalue weighted by atomic mass is 35.5. The molecule has 0 aliphatic heterocycles. The van der Waals surface area contributed by atoms with Gasteiger partial charge >= 0.3 is 5.97 Å². The number of hydrogen-bond donors (Lipinski definition) is 1. The van der Waals surface area contributed by atoms with Crippen molar-refractivity contribution in [3.8, 4) is 0 Å². The molecule has 18 heavy (non-hydrogen) atoms. The highest BCUT2D eigenvalue weighted by Gasteiger charge is 2.16. The normalized spacial score (nSPS) is 13.2. The van der Waals surface area contributed by atoms with Gasteiger partial charge in [-0.2, -0.15) is 0 Å². The van der Waals surface area contributed by atoms with Gasteiger partial charge in [0.15, 0.2) is 0 Å². The molecule has 1 aromatic rings. The standard InChI is InChI=1S/C14H20ClNO2/c1-10(11-6-5-7-12(15)8-11)16-9-13(17)18-14(2,3)4/h5-8,10,16H,9H2,1-4H3/t10-/m0/s1. The third-order valence-corrected chi connectivity index (χ3v) is 2.56. The Morgan fingerprint density at radius 3 is 2.67 bits per heavy atom. The lowest BCUT2D eigenvalue weighted by molar-refractivity contribution is -0.153. The van der Waals surface area contributed by atoms with E-state index < -0.39 is 5.60 Å². The van der Waals surface area contributed by atoms with Crippen LogP contribution >= 0.6 is 11.6 Å². The second kappa shape index (κ2) is 6.21. The third-order valence-electron chi connectivity index (χ3n) is 2.32. The van der Waals surface area contributed by atoms with E-state index in [0.29, 0.717) is 5.02 Å². The lowest BCUT2D eigenvalue weighted by atomic mass is 10.1. The van der Waals surface area contributed by atoms with Gasteiger partial charge < -0.3 is 10.1 Å². The minimum Gasteiger partial charge on any atom is -0.459 e. The molecule has 0 saturated carbocycles. The number of carbonyl (C=O) groups excluding carboxylic acids is 1. The molecule has 0 fully saturated rings. The van der Waals surface area contributed by atoms with Crippen LogP contribution in [0.2, 0.25) is 5.02 Å². The van der Waals surface area contributed by atoms with E-state index in [-0.39, 0.29) is 18.6 Å². The minimum atomic E-state index is -0.446. The summed E-state index contributed by atoms with van der Waals surface area (Å²) in [6.07, 6.45) is 0. The predicted octanol–water partition coefficient (Wildman–Crippen LogP) is 3.33. The van der Waals surface area contributed by atoms with Gasteiger partial charge in [0.05, 0.1) is 6.54 Å². The zero-order valence-corrected chi connectivity index (χ0v) is 12.0. The van der Waals surface area contributed by atoms with Crippen LogP contribution in [-0.4, -0.2) is 18.1 Å². The van der Waals surface area contributed by atoms with Gasteiger partial charge in [-0.25, -0.2) is 0 Å². The molecule has 0 spiro atoms. The van der Waals surface area contributed by atoms with Crippen LogP contribution in [0.4, 0.5) is 0 Å². The van der Waals surface area contributed by atoms with Gasteiger partial charge in [0, 0.05) is 11.1 Å². The van der Waals surface area contributed by atoms with Crippen LogP contribution < -0.4 is 5.32 Å². The quantitative estimate of drug-likeness (QED) is 0.852. The Hall–Kier alpha value is -1.06. The summed E-state index contributed by atoms with van der Waals surface area (Å²) in [5, 5.41) is 3.81. The highest BCUT2D eigenvalue weighted by Crippen LogP contribution is 2.17. The Bertz CT molecular complexity index is 413. The Balaban J connectivity index is 2.46. The fourth-order valence-corrected chi connectivity index (χ4v) is 1.71. The second-order valence-electron chi connectivity index (χ2n) is 5.24. The molecular weight excluding hydrogens is 250 g/mol. The van der Waals surface area contributed by atoms with Crippen molar-refractivity contribution < 1.29 is 9.53 Å². The van der Waals surface area contributed by atoms with Gasteiger partial charge in [-0.15, -0.1) is 0 Å². The summed E-state index contributed by atoms with van der Waals surface area (Å²) < 4.78 is 5.22. The Labute approximate surface area is 113 Å². The van der Waals surface area contributed by atoms with E-state index in [1.165, 1.54) is 0 Å². The van der Waals surface area contributed by atoms with Crippen molar-refractivity contribution in [3.63, 3.8) is 0 Å². The lowest BCUT2D eigenvalue weighted by Crippen LogP contribution is -2.32. The first-order valence-electron chi connectivity index (χ1n) is 5.98. The smallest absolute Gasteiger partial charge is 0.320 e. The number of rotatable bonds is 4. The van der Waals surface area contributed by atoms with Crippen LogP contribution in [-0.2, 0) is 9.53 Å². The first-order valence-corrected chi connectivity index (χ1v) is 6.36. The van der Waals surface area contributed by atoms with Crippen LogP contribution in [0.25, 0.3) is 0 Å². The SMILES string of the molecule is C[C@H](NCC(=O)OC(C)(C)C)c1cccc(Cl)c1. The van der Waals surface area contributed by atoms with E-state index >= 15 is 0 Å². The molecule has 1 atom stereocenters. The number of benzene rings is 1. The topological polar surface area (TPSA) is 38.3 Å². The molecule has 0 unspecified atom stereocenters. The van der Waals surface area contributed by atoms with Gasteiger partial charge in [-0.1, -0.05) is 23.7 Å². The number of carbonyl (C=O) groups is 1. The van der Waals surface area contributed by atoms with Crippen LogP contribution in [0, 0.1) is 0 Å². The molecule has 0 radical (unpaired) electrons. The molecule has 100 valence electrons. The first-order chi connectivity index (χ1) is 8.28. The third kappa shape index (κ3) is 5.52. The highest BCUT2D eigenvalue weighted by molar-refractivity contribution is 6.30. The Kier molecular flexibility index (Phi) is 5.17. The first kappa shape index (κ1) is 15.0. The van der Waals surface area contributed by atoms with Crippen molar-refractivity contribution in [2.24, 2.45) is 0 Å². The molecule has 4 heteroatoms. The van der Waals surface area contributed by atoms with Crippen LogP contribution in [0.3, 0.4) is 0 Å². The van der Waals surface area contributed by atoms with Crippen molar-refractivity contribution in [1.29, 1.82) is 0 Å². The summed E-state index contributed by atoms with van der Waals surface area (Å²) >= 11 is 5.92. The van der Waals surface area contributed by atoms with Crippen molar-refractivity contribution >= 4 is 17.6 Å². The Morgan fingerprint density at radius 1 is 1.44 bits per heavy atom. The molecule has 0 aliphatic carbocycles. The molecule has 0 saturated heterocycles. The summed E-state index contributed by atoms with van der Waals surface area (Å²) in [6.45, 7) is 7.73. The van der Waals surface area contributed by atoms with E-state index in [9.17, 15) is 4.79 Å². The second-order valence-corrected chi connectivity index (χ2v) is 5.68. The molecule has 3 nitrogen and oxygen atoms in total. The lowest BCUT2D eigenvalue weighted by Gasteiger charge is -2.21.